The van der Waals surface area contributed by atoms with Crippen molar-refractivity contribution >= 4 is 8.07 Å². The van der Waals surface area contributed by atoms with Crippen molar-refractivity contribution in [1.82, 2.24) is 0 Å². The summed E-state index contributed by atoms with van der Waals surface area (Å²) >= 11 is 0. The summed E-state index contributed by atoms with van der Waals surface area (Å²) in [5.41, 5.74) is 0. The lowest BCUT2D eigenvalue weighted by atomic mass is 9.90. The van der Waals surface area contributed by atoms with E-state index >= 15 is 0 Å². The molecule has 0 bridgehead atoms. The summed E-state index contributed by atoms with van der Waals surface area (Å²) in [6.45, 7) is 11.3. The summed E-state index contributed by atoms with van der Waals surface area (Å²) < 4.78 is 0. The SMILES string of the molecule is C=C[C@H]1C[C@@H](/C=C/C[Si](C)(C)C)[C@@H]2C=CC[C@H]21. The predicted molar refractivity (Wildman–Crippen MR) is 79.8 cm³/mol. The van der Waals surface area contributed by atoms with Gasteiger partial charge in [0, 0.05) is 8.07 Å². The van der Waals surface area contributed by atoms with E-state index < -0.39 is 8.07 Å². The van der Waals surface area contributed by atoms with E-state index in [0.717, 1.165) is 23.7 Å². The molecule has 0 unspecified atom stereocenters. The molecule has 1 heteroatoms. The summed E-state index contributed by atoms with van der Waals surface area (Å²) in [6.07, 6.45) is 14.6. The Balaban J connectivity index is 1.98. The van der Waals surface area contributed by atoms with Crippen LogP contribution in [0.15, 0.2) is 37.0 Å². The fourth-order valence-electron chi connectivity index (χ4n) is 3.33. The third-order valence-corrected chi connectivity index (χ3v) is 5.73. The van der Waals surface area contributed by atoms with Gasteiger partial charge in [-0.05, 0) is 42.6 Å². The van der Waals surface area contributed by atoms with E-state index in [2.05, 4.69) is 56.6 Å². The van der Waals surface area contributed by atoms with E-state index in [9.17, 15) is 0 Å². The molecule has 0 radical (unpaired) electrons. The number of rotatable bonds is 4. The summed E-state index contributed by atoms with van der Waals surface area (Å²) in [6, 6.07) is 1.32. The quantitative estimate of drug-likeness (QED) is 0.489. The third-order valence-electron chi connectivity index (χ3n) is 4.27. The molecule has 0 N–H and O–H groups in total. The van der Waals surface area contributed by atoms with Crippen molar-refractivity contribution in [2.75, 3.05) is 0 Å². The molecule has 4 atom stereocenters. The molecular weight excluding hydrogens is 220 g/mol. The van der Waals surface area contributed by atoms with Gasteiger partial charge in [0.2, 0.25) is 0 Å². The molecule has 1 saturated carbocycles. The first-order valence-electron chi connectivity index (χ1n) is 6.97. The van der Waals surface area contributed by atoms with Crippen molar-refractivity contribution in [3.8, 4) is 0 Å². The molecule has 0 amide bonds. The number of fused-ring (bicyclic) bond motifs is 1. The van der Waals surface area contributed by atoms with E-state index in [-0.39, 0.29) is 0 Å². The average Bonchev–Trinajstić information content (AvgIpc) is 2.79. The Labute approximate surface area is 108 Å². The van der Waals surface area contributed by atoms with Crippen molar-refractivity contribution in [3.63, 3.8) is 0 Å². The van der Waals surface area contributed by atoms with Crippen molar-refractivity contribution in [1.29, 1.82) is 0 Å². The highest BCUT2D eigenvalue weighted by molar-refractivity contribution is 6.76. The van der Waals surface area contributed by atoms with Crippen LogP contribution in [0.4, 0.5) is 0 Å². The molecule has 0 aromatic carbocycles. The second kappa shape index (κ2) is 4.97. The molecule has 0 spiro atoms. The molecule has 2 aliphatic carbocycles. The summed E-state index contributed by atoms with van der Waals surface area (Å²) in [7, 11) is -0.913. The van der Waals surface area contributed by atoms with Gasteiger partial charge in [-0.1, -0.05) is 50.0 Å². The maximum atomic E-state index is 4.01. The van der Waals surface area contributed by atoms with Gasteiger partial charge < -0.3 is 0 Å². The van der Waals surface area contributed by atoms with Crippen molar-refractivity contribution in [2.24, 2.45) is 23.7 Å². The van der Waals surface area contributed by atoms with Gasteiger partial charge in [0.25, 0.3) is 0 Å². The molecule has 0 aliphatic heterocycles. The highest BCUT2D eigenvalue weighted by Crippen LogP contribution is 2.48. The predicted octanol–water partition coefficient (Wildman–Crippen LogP) is 4.90. The van der Waals surface area contributed by atoms with Gasteiger partial charge in [-0.25, -0.2) is 0 Å². The Kier molecular flexibility index (Phi) is 3.77. The Bertz CT molecular complexity index is 332. The summed E-state index contributed by atoms with van der Waals surface area (Å²) in [4.78, 5) is 0. The van der Waals surface area contributed by atoms with Crippen molar-refractivity contribution in [3.05, 3.63) is 37.0 Å². The molecule has 0 heterocycles. The molecule has 0 saturated heterocycles. The van der Waals surface area contributed by atoms with Crippen LogP contribution < -0.4 is 0 Å². The number of allylic oxidation sites excluding steroid dienone is 5. The topological polar surface area (TPSA) is 0 Å². The summed E-state index contributed by atoms with van der Waals surface area (Å²) in [5, 5.41) is 0. The minimum atomic E-state index is -0.913. The lowest BCUT2D eigenvalue weighted by molar-refractivity contribution is 0.414. The highest BCUT2D eigenvalue weighted by Gasteiger charge is 2.40. The van der Waals surface area contributed by atoms with Gasteiger partial charge in [0.15, 0.2) is 0 Å². The van der Waals surface area contributed by atoms with Crippen LogP contribution in [0.3, 0.4) is 0 Å². The van der Waals surface area contributed by atoms with E-state index in [4.69, 9.17) is 0 Å². The van der Waals surface area contributed by atoms with Crippen molar-refractivity contribution in [2.45, 2.75) is 38.5 Å². The maximum Gasteiger partial charge on any atom is 0.0480 e. The molecule has 0 aromatic rings. The first kappa shape index (κ1) is 12.9. The van der Waals surface area contributed by atoms with Crippen LogP contribution in [0.5, 0.6) is 0 Å². The molecule has 0 nitrogen and oxygen atoms in total. The third kappa shape index (κ3) is 3.01. The van der Waals surface area contributed by atoms with Crippen LogP contribution >= 0.6 is 0 Å². The van der Waals surface area contributed by atoms with E-state index in [0.29, 0.717) is 0 Å². The number of hydrogen-bond acceptors (Lipinski definition) is 0. The van der Waals surface area contributed by atoms with E-state index in [1.807, 2.05) is 0 Å². The van der Waals surface area contributed by atoms with Gasteiger partial charge in [0.05, 0.1) is 0 Å². The Morgan fingerprint density at radius 1 is 1.29 bits per heavy atom. The van der Waals surface area contributed by atoms with Crippen LogP contribution in [-0.2, 0) is 0 Å². The molecule has 2 rings (SSSR count). The second-order valence-electron chi connectivity index (χ2n) is 6.90. The number of hydrogen-bond donors (Lipinski definition) is 0. The molecule has 2 aliphatic rings. The van der Waals surface area contributed by atoms with Crippen LogP contribution in [0.2, 0.25) is 25.7 Å². The normalized spacial score (nSPS) is 36.6. The maximum absolute atomic E-state index is 4.01. The zero-order valence-corrected chi connectivity index (χ0v) is 12.5. The first-order chi connectivity index (χ1) is 8.01. The van der Waals surface area contributed by atoms with Crippen LogP contribution in [-0.4, -0.2) is 8.07 Å². The van der Waals surface area contributed by atoms with Crippen molar-refractivity contribution < 1.29 is 0 Å². The van der Waals surface area contributed by atoms with Gasteiger partial charge in [0.1, 0.15) is 0 Å². The van der Waals surface area contributed by atoms with E-state index in [1.165, 1.54) is 18.9 Å². The van der Waals surface area contributed by atoms with Gasteiger partial charge in [-0.15, -0.1) is 6.58 Å². The average molecular weight is 246 g/mol. The molecule has 94 valence electrons. The minimum Gasteiger partial charge on any atom is -0.103 e. The standard InChI is InChI=1S/C16H26Si/c1-5-13-12-14(8-7-11-17(2,3)4)16-10-6-9-15(13)16/h5-8,10,13-16H,1,9,11-12H2,2-4H3/b8-7+/t13-,14+,15-,16-/m0/s1. The van der Waals surface area contributed by atoms with Crippen LogP contribution in [0, 0.1) is 23.7 Å². The summed E-state index contributed by atoms with van der Waals surface area (Å²) in [5.74, 6) is 3.18. The Morgan fingerprint density at radius 3 is 2.71 bits per heavy atom. The van der Waals surface area contributed by atoms with Crippen LogP contribution in [0.25, 0.3) is 0 Å². The fourth-order valence-corrected chi connectivity index (χ4v) is 4.18. The lowest BCUT2D eigenvalue weighted by Gasteiger charge is -2.16. The zero-order valence-electron chi connectivity index (χ0n) is 11.5. The molecule has 1 fully saturated rings. The second-order valence-corrected chi connectivity index (χ2v) is 12.4. The van der Waals surface area contributed by atoms with E-state index in [1.54, 1.807) is 0 Å². The molecule has 17 heavy (non-hydrogen) atoms. The van der Waals surface area contributed by atoms with Crippen LogP contribution in [0.1, 0.15) is 12.8 Å². The molecule has 0 aromatic heterocycles. The molecular formula is C16H26Si. The largest absolute Gasteiger partial charge is 0.103 e. The first-order valence-corrected chi connectivity index (χ1v) is 10.7. The smallest absolute Gasteiger partial charge is 0.0480 e. The lowest BCUT2D eigenvalue weighted by Crippen LogP contribution is -2.17. The fraction of sp³-hybridized carbons (Fsp3) is 0.625. The Hall–Kier alpha value is -0.563. The van der Waals surface area contributed by atoms with Gasteiger partial charge in [-0.3, -0.25) is 0 Å². The zero-order chi connectivity index (χ0) is 12.5. The van der Waals surface area contributed by atoms with Gasteiger partial charge in [-0.2, -0.15) is 0 Å². The minimum absolute atomic E-state index is 0.747. The monoisotopic (exact) mass is 246 g/mol. The Morgan fingerprint density at radius 2 is 2.06 bits per heavy atom. The van der Waals surface area contributed by atoms with Gasteiger partial charge >= 0.3 is 0 Å². The highest BCUT2D eigenvalue weighted by atomic mass is 28.3.